The van der Waals surface area contributed by atoms with E-state index in [9.17, 15) is 0 Å². The van der Waals surface area contributed by atoms with E-state index in [4.69, 9.17) is 9.72 Å². The first-order chi connectivity index (χ1) is 9.78. The third kappa shape index (κ3) is 1.78. The highest BCUT2D eigenvalue weighted by Crippen LogP contribution is 2.40. The normalized spacial score (nSPS) is 31.1. The summed E-state index contributed by atoms with van der Waals surface area (Å²) < 4.78 is 5.91. The van der Waals surface area contributed by atoms with Gasteiger partial charge in [-0.1, -0.05) is 13.3 Å². The third-order valence-electron chi connectivity index (χ3n) is 4.87. The van der Waals surface area contributed by atoms with Crippen molar-refractivity contribution in [1.29, 1.82) is 0 Å². The fraction of sp³-hybridized carbons (Fsp3) is 0.688. The lowest BCUT2D eigenvalue weighted by Gasteiger charge is -2.37. The molecule has 4 rings (SSSR count). The molecule has 1 aromatic rings. The van der Waals surface area contributed by atoms with Gasteiger partial charge in [0.1, 0.15) is 11.9 Å². The monoisotopic (exact) mass is 273 g/mol. The number of fused-ring (bicyclic) bond motifs is 4. The van der Waals surface area contributed by atoms with E-state index in [0.29, 0.717) is 12.1 Å². The molecular formula is C16H23N3O. The number of nitrogens with one attached hydrogen (secondary N) is 1. The van der Waals surface area contributed by atoms with Crippen LogP contribution in [0.15, 0.2) is 6.07 Å². The zero-order valence-electron chi connectivity index (χ0n) is 12.4. The standard InChI is InChI=1S/C16H23N3O/c1-3-4-14-15-12(9-20-14)5-11-6-13-8-17-7-10(2)19(13)16(11)18-15/h5,10,13-14,17H,3-4,6-9H2,1-2H3/t10-,13-,14+/m1/s1. The molecule has 3 atom stereocenters. The first kappa shape index (κ1) is 12.6. The van der Waals surface area contributed by atoms with Gasteiger partial charge in [-0.2, -0.15) is 0 Å². The summed E-state index contributed by atoms with van der Waals surface area (Å²) in [6.07, 6.45) is 3.58. The molecule has 1 aromatic heterocycles. The minimum absolute atomic E-state index is 0.220. The summed E-state index contributed by atoms with van der Waals surface area (Å²) in [5.74, 6) is 1.23. The fourth-order valence-corrected chi connectivity index (χ4v) is 3.95. The molecule has 0 unspecified atom stereocenters. The minimum atomic E-state index is 0.220. The molecule has 4 nitrogen and oxygen atoms in total. The molecule has 4 heteroatoms. The van der Waals surface area contributed by atoms with Gasteiger partial charge < -0.3 is 15.0 Å². The summed E-state index contributed by atoms with van der Waals surface area (Å²) >= 11 is 0. The molecule has 0 spiro atoms. The van der Waals surface area contributed by atoms with E-state index >= 15 is 0 Å². The minimum Gasteiger partial charge on any atom is -0.367 e. The number of ether oxygens (including phenoxy) is 1. The molecule has 0 radical (unpaired) electrons. The Morgan fingerprint density at radius 1 is 1.40 bits per heavy atom. The van der Waals surface area contributed by atoms with Gasteiger partial charge in [0.2, 0.25) is 0 Å². The molecule has 0 aromatic carbocycles. The van der Waals surface area contributed by atoms with Crippen LogP contribution in [0.5, 0.6) is 0 Å². The molecule has 3 aliphatic heterocycles. The van der Waals surface area contributed by atoms with Crippen LogP contribution >= 0.6 is 0 Å². The Morgan fingerprint density at radius 2 is 2.30 bits per heavy atom. The Bertz CT molecular complexity index is 531. The van der Waals surface area contributed by atoms with Crippen LogP contribution in [0.3, 0.4) is 0 Å². The van der Waals surface area contributed by atoms with Crippen LogP contribution < -0.4 is 10.2 Å². The molecule has 0 saturated carbocycles. The van der Waals surface area contributed by atoms with E-state index in [2.05, 4.69) is 30.1 Å². The maximum absolute atomic E-state index is 5.91. The summed E-state index contributed by atoms with van der Waals surface area (Å²) in [5.41, 5.74) is 3.95. The van der Waals surface area contributed by atoms with Crippen molar-refractivity contribution in [3.05, 3.63) is 22.9 Å². The maximum atomic E-state index is 5.91. The van der Waals surface area contributed by atoms with Crippen LogP contribution in [0.1, 0.15) is 49.6 Å². The van der Waals surface area contributed by atoms with Gasteiger partial charge in [0, 0.05) is 30.7 Å². The van der Waals surface area contributed by atoms with Gasteiger partial charge in [-0.3, -0.25) is 0 Å². The van der Waals surface area contributed by atoms with Crippen molar-refractivity contribution in [2.45, 2.75) is 57.9 Å². The van der Waals surface area contributed by atoms with Crippen LogP contribution in [0.2, 0.25) is 0 Å². The second kappa shape index (κ2) is 4.71. The molecule has 0 bridgehead atoms. The Hall–Kier alpha value is -1.13. The first-order valence-electron chi connectivity index (χ1n) is 7.91. The molecule has 1 fully saturated rings. The number of anilines is 1. The van der Waals surface area contributed by atoms with E-state index < -0.39 is 0 Å². The van der Waals surface area contributed by atoms with Gasteiger partial charge >= 0.3 is 0 Å². The van der Waals surface area contributed by atoms with Crippen molar-refractivity contribution in [2.75, 3.05) is 18.0 Å². The SMILES string of the molecule is CCC[C@@H]1OCc2cc3c(nc21)N1[C@@H](CNC[C@H]1C)C3. The third-order valence-corrected chi connectivity index (χ3v) is 4.87. The molecule has 1 saturated heterocycles. The predicted octanol–water partition coefficient (Wildman–Crippen LogP) is 2.18. The van der Waals surface area contributed by atoms with Crippen LogP contribution in [-0.2, 0) is 17.8 Å². The first-order valence-corrected chi connectivity index (χ1v) is 7.91. The van der Waals surface area contributed by atoms with Crippen LogP contribution in [0.4, 0.5) is 5.82 Å². The summed E-state index contributed by atoms with van der Waals surface area (Å²) in [4.78, 5) is 7.58. The van der Waals surface area contributed by atoms with Crippen molar-refractivity contribution in [3.63, 3.8) is 0 Å². The number of piperazine rings is 1. The lowest BCUT2D eigenvalue weighted by molar-refractivity contribution is 0.0578. The van der Waals surface area contributed by atoms with Crippen LogP contribution in [-0.4, -0.2) is 30.2 Å². The molecule has 3 aliphatic rings. The number of rotatable bonds is 2. The van der Waals surface area contributed by atoms with E-state index in [1.165, 1.54) is 22.6 Å². The van der Waals surface area contributed by atoms with Crippen molar-refractivity contribution in [3.8, 4) is 0 Å². The molecule has 4 heterocycles. The van der Waals surface area contributed by atoms with Crippen molar-refractivity contribution in [1.82, 2.24) is 10.3 Å². The van der Waals surface area contributed by atoms with Gasteiger partial charge in [-0.05, 0) is 31.4 Å². The van der Waals surface area contributed by atoms with Crippen LogP contribution in [0, 0.1) is 0 Å². The summed E-state index contributed by atoms with van der Waals surface area (Å²) in [6.45, 7) is 7.40. The zero-order chi connectivity index (χ0) is 13.7. The highest BCUT2D eigenvalue weighted by atomic mass is 16.5. The molecule has 0 aliphatic carbocycles. The predicted molar refractivity (Wildman–Crippen MR) is 79.0 cm³/mol. The van der Waals surface area contributed by atoms with Crippen molar-refractivity contribution >= 4 is 5.82 Å². The largest absolute Gasteiger partial charge is 0.367 e. The lowest BCUT2D eigenvalue weighted by Crippen LogP contribution is -2.55. The molecule has 1 N–H and O–H groups in total. The Labute approximate surface area is 120 Å². The van der Waals surface area contributed by atoms with Gasteiger partial charge in [-0.25, -0.2) is 4.98 Å². The fourth-order valence-electron chi connectivity index (χ4n) is 3.95. The van der Waals surface area contributed by atoms with E-state index in [-0.39, 0.29) is 6.10 Å². The van der Waals surface area contributed by atoms with Crippen molar-refractivity contribution in [2.24, 2.45) is 0 Å². The van der Waals surface area contributed by atoms with Gasteiger partial charge in [0.05, 0.1) is 12.3 Å². The highest BCUT2D eigenvalue weighted by Gasteiger charge is 2.38. The average Bonchev–Trinajstić information content (AvgIpc) is 2.99. The maximum Gasteiger partial charge on any atom is 0.132 e. The quantitative estimate of drug-likeness (QED) is 0.896. The average molecular weight is 273 g/mol. The second-order valence-corrected chi connectivity index (χ2v) is 6.38. The molecule has 20 heavy (non-hydrogen) atoms. The van der Waals surface area contributed by atoms with Gasteiger partial charge in [0.25, 0.3) is 0 Å². The smallest absolute Gasteiger partial charge is 0.132 e. The summed E-state index contributed by atoms with van der Waals surface area (Å²) in [5, 5.41) is 3.53. The van der Waals surface area contributed by atoms with E-state index in [0.717, 1.165) is 39.0 Å². The summed E-state index contributed by atoms with van der Waals surface area (Å²) in [7, 11) is 0. The Kier molecular flexibility index (Phi) is 2.97. The van der Waals surface area contributed by atoms with E-state index in [1.54, 1.807) is 0 Å². The zero-order valence-corrected chi connectivity index (χ0v) is 12.4. The number of hydrogen-bond donors (Lipinski definition) is 1. The topological polar surface area (TPSA) is 37.4 Å². The highest BCUT2D eigenvalue weighted by molar-refractivity contribution is 5.58. The Balaban J connectivity index is 1.73. The van der Waals surface area contributed by atoms with Crippen LogP contribution in [0.25, 0.3) is 0 Å². The number of nitrogens with zero attached hydrogens (tertiary/aromatic N) is 2. The molecule has 108 valence electrons. The number of hydrogen-bond acceptors (Lipinski definition) is 4. The molecular weight excluding hydrogens is 250 g/mol. The molecule has 0 amide bonds. The second-order valence-electron chi connectivity index (χ2n) is 6.38. The van der Waals surface area contributed by atoms with Gasteiger partial charge in [-0.15, -0.1) is 0 Å². The van der Waals surface area contributed by atoms with Crippen molar-refractivity contribution < 1.29 is 4.74 Å². The van der Waals surface area contributed by atoms with Gasteiger partial charge in [0.15, 0.2) is 0 Å². The number of aromatic nitrogens is 1. The number of pyridine rings is 1. The lowest BCUT2D eigenvalue weighted by atomic mass is 10.0. The summed E-state index contributed by atoms with van der Waals surface area (Å²) in [6, 6.07) is 3.49. The van der Waals surface area contributed by atoms with E-state index in [1.807, 2.05) is 0 Å². The Morgan fingerprint density at radius 3 is 3.15 bits per heavy atom.